The lowest BCUT2D eigenvalue weighted by Gasteiger charge is -2.31. The van der Waals surface area contributed by atoms with Crippen LogP contribution < -0.4 is 4.74 Å². The van der Waals surface area contributed by atoms with E-state index in [2.05, 4.69) is 0 Å². The van der Waals surface area contributed by atoms with E-state index in [0.717, 1.165) is 51.6 Å². The highest BCUT2D eigenvalue weighted by Crippen LogP contribution is 2.40. The fourth-order valence-corrected chi connectivity index (χ4v) is 4.83. The number of furan rings is 1. The van der Waals surface area contributed by atoms with Gasteiger partial charge in [0.15, 0.2) is 0 Å². The molecule has 0 aliphatic carbocycles. The van der Waals surface area contributed by atoms with E-state index < -0.39 is 0 Å². The molecule has 1 amide bonds. The smallest absolute Gasteiger partial charge is 0.310 e. The van der Waals surface area contributed by atoms with Crippen molar-refractivity contribution in [1.29, 1.82) is 0 Å². The van der Waals surface area contributed by atoms with Crippen LogP contribution in [-0.4, -0.2) is 43.6 Å². The molecule has 7 heteroatoms. The molecule has 1 atom stereocenters. The molecule has 1 saturated heterocycles. The molecule has 4 rings (SSSR count). The predicted octanol–water partition coefficient (Wildman–Crippen LogP) is 6.28. The number of likely N-dealkylation sites (tertiary alicyclic amines) is 1. The Morgan fingerprint density at radius 3 is 2.69 bits per heavy atom. The van der Waals surface area contributed by atoms with Crippen molar-refractivity contribution in [3.63, 3.8) is 0 Å². The van der Waals surface area contributed by atoms with Gasteiger partial charge in [-0.1, -0.05) is 23.7 Å². The average Bonchev–Trinajstić information content (AvgIpc) is 3.29. The monoisotopic (exact) mass is 495 g/mol. The number of aryl methyl sites for hydroxylation is 1. The van der Waals surface area contributed by atoms with Crippen molar-refractivity contribution in [2.75, 3.05) is 26.8 Å². The highest BCUT2D eigenvalue weighted by atomic mass is 35.5. The number of hydrogen-bond donors (Lipinski definition) is 0. The Kier molecular flexibility index (Phi) is 7.51. The van der Waals surface area contributed by atoms with E-state index in [-0.39, 0.29) is 17.8 Å². The third-order valence-corrected chi connectivity index (χ3v) is 6.77. The summed E-state index contributed by atoms with van der Waals surface area (Å²) in [6.07, 6.45) is 4.87. The molecule has 1 aromatic heterocycles. The molecular weight excluding hydrogens is 466 g/mol. The van der Waals surface area contributed by atoms with E-state index in [1.807, 2.05) is 44.2 Å². The number of hydrogen-bond acceptors (Lipinski definition) is 5. The molecule has 0 saturated carbocycles. The van der Waals surface area contributed by atoms with Gasteiger partial charge in [0.25, 0.3) is 0 Å². The van der Waals surface area contributed by atoms with Crippen molar-refractivity contribution in [2.24, 2.45) is 5.92 Å². The molecule has 3 aromatic rings. The molecule has 1 fully saturated rings. The first-order chi connectivity index (χ1) is 16.8. The molecule has 1 aliphatic heterocycles. The highest BCUT2D eigenvalue weighted by molar-refractivity contribution is 6.30. The second kappa shape index (κ2) is 10.6. The van der Waals surface area contributed by atoms with Crippen LogP contribution in [-0.2, 0) is 14.3 Å². The quantitative estimate of drug-likeness (QED) is 0.297. The minimum atomic E-state index is -0.276. The first-order valence-electron chi connectivity index (χ1n) is 11.8. The number of fused-ring (bicyclic) bond motifs is 1. The number of piperidine rings is 1. The minimum Gasteiger partial charge on any atom is -0.496 e. The van der Waals surface area contributed by atoms with Gasteiger partial charge >= 0.3 is 5.97 Å². The second-order valence-electron chi connectivity index (χ2n) is 8.82. The highest BCUT2D eigenvalue weighted by Gasteiger charge is 2.29. The Morgan fingerprint density at radius 2 is 2.00 bits per heavy atom. The summed E-state index contributed by atoms with van der Waals surface area (Å²) >= 11 is 6.07. The zero-order valence-corrected chi connectivity index (χ0v) is 21.3. The molecule has 2 heterocycles. The molecule has 0 bridgehead atoms. The van der Waals surface area contributed by atoms with Gasteiger partial charge in [-0.3, -0.25) is 9.59 Å². The average molecular weight is 496 g/mol. The number of allylic oxidation sites excluding steroid dienone is 1. The summed E-state index contributed by atoms with van der Waals surface area (Å²) in [5.41, 5.74) is 5.12. The number of esters is 1. The fraction of sp³-hybridized carbons (Fsp3) is 0.357. The van der Waals surface area contributed by atoms with Crippen molar-refractivity contribution < 1.29 is 23.5 Å². The largest absolute Gasteiger partial charge is 0.496 e. The Labute approximate surface area is 210 Å². The van der Waals surface area contributed by atoms with Crippen LogP contribution in [0.4, 0.5) is 0 Å². The van der Waals surface area contributed by atoms with Crippen LogP contribution in [0.3, 0.4) is 0 Å². The van der Waals surface area contributed by atoms with Crippen LogP contribution in [0.5, 0.6) is 5.75 Å². The number of nitrogens with zero attached hydrogens (tertiary/aromatic N) is 1. The minimum absolute atomic E-state index is 0.124. The molecule has 2 aromatic carbocycles. The zero-order chi connectivity index (χ0) is 25.1. The number of benzene rings is 2. The predicted molar refractivity (Wildman–Crippen MR) is 138 cm³/mol. The lowest BCUT2D eigenvalue weighted by molar-refractivity contribution is -0.150. The summed E-state index contributed by atoms with van der Waals surface area (Å²) < 4.78 is 16.8. The van der Waals surface area contributed by atoms with Crippen LogP contribution >= 0.6 is 11.6 Å². The molecule has 0 N–H and O–H groups in total. The lowest BCUT2D eigenvalue weighted by Crippen LogP contribution is -2.42. The Balaban J connectivity index is 1.68. The van der Waals surface area contributed by atoms with Crippen LogP contribution in [0.1, 0.15) is 37.8 Å². The third kappa shape index (κ3) is 5.08. The van der Waals surface area contributed by atoms with Crippen molar-refractivity contribution in [1.82, 2.24) is 4.90 Å². The van der Waals surface area contributed by atoms with E-state index >= 15 is 0 Å². The number of amides is 1. The van der Waals surface area contributed by atoms with Crippen molar-refractivity contribution in [3.05, 3.63) is 58.8 Å². The summed E-state index contributed by atoms with van der Waals surface area (Å²) in [6.45, 7) is 6.98. The normalized spacial score (nSPS) is 16.4. The molecule has 0 spiro atoms. The topological polar surface area (TPSA) is 69.0 Å². The van der Waals surface area contributed by atoms with E-state index in [1.54, 1.807) is 31.3 Å². The van der Waals surface area contributed by atoms with Gasteiger partial charge < -0.3 is 18.8 Å². The summed E-state index contributed by atoms with van der Waals surface area (Å²) in [7, 11) is 1.62. The maximum Gasteiger partial charge on any atom is 0.310 e. The summed E-state index contributed by atoms with van der Waals surface area (Å²) in [4.78, 5) is 27.1. The van der Waals surface area contributed by atoms with E-state index in [9.17, 15) is 9.59 Å². The second-order valence-corrected chi connectivity index (χ2v) is 9.25. The van der Waals surface area contributed by atoms with Crippen molar-refractivity contribution in [2.45, 2.75) is 33.6 Å². The third-order valence-electron chi connectivity index (χ3n) is 6.52. The van der Waals surface area contributed by atoms with Gasteiger partial charge in [0.1, 0.15) is 11.3 Å². The Bertz CT molecular complexity index is 1270. The van der Waals surface area contributed by atoms with Crippen molar-refractivity contribution in [3.8, 4) is 16.9 Å². The molecule has 35 heavy (non-hydrogen) atoms. The molecule has 184 valence electrons. The zero-order valence-electron chi connectivity index (χ0n) is 20.5. The van der Waals surface area contributed by atoms with Crippen LogP contribution in [0, 0.1) is 12.8 Å². The van der Waals surface area contributed by atoms with Crippen LogP contribution in [0.25, 0.3) is 27.7 Å². The van der Waals surface area contributed by atoms with Gasteiger partial charge in [0.05, 0.1) is 25.9 Å². The van der Waals surface area contributed by atoms with Gasteiger partial charge in [-0.2, -0.15) is 0 Å². The Hall–Kier alpha value is -3.25. The number of halogens is 1. The maximum atomic E-state index is 13.2. The van der Waals surface area contributed by atoms with E-state index in [4.69, 9.17) is 25.5 Å². The van der Waals surface area contributed by atoms with Gasteiger partial charge in [0.2, 0.25) is 5.91 Å². The van der Waals surface area contributed by atoms with Crippen molar-refractivity contribution >= 4 is 40.0 Å². The molecule has 1 aliphatic rings. The summed E-state index contributed by atoms with van der Waals surface area (Å²) in [5.74, 6) is 0.0333. The molecule has 1 unspecified atom stereocenters. The molecule has 0 radical (unpaired) electrons. The van der Waals surface area contributed by atoms with Gasteiger partial charge in [0, 0.05) is 46.3 Å². The lowest BCUT2D eigenvalue weighted by atomic mass is 9.95. The number of methoxy groups -OCH3 is 1. The summed E-state index contributed by atoms with van der Waals surface area (Å²) in [5, 5.41) is 1.60. The Morgan fingerprint density at radius 1 is 1.26 bits per heavy atom. The standard InChI is InChI=1S/C28H30ClNO5/c1-5-34-28(32)20-7-6-12-30(15-20)25(31)13-17(2)22-14-23-24(19-8-10-21(29)11-9-19)16-35-27(23)18(3)26(22)33-4/h8-11,13-14,16,20H,5-7,12,15H2,1-4H3/b17-13+. The SMILES string of the molecule is CCOC(=O)C1CCCN(C(=O)/C=C(\C)c2cc3c(-c4ccc(Cl)cc4)coc3c(C)c2OC)C1. The number of ether oxygens (including phenoxy) is 2. The van der Waals surface area contributed by atoms with Gasteiger partial charge in [-0.15, -0.1) is 0 Å². The van der Waals surface area contributed by atoms with Gasteiger partial charge in [-0.05, 0) is 62.9 Å². The van der Waals surface area contributed by atoms with Crippen LogP contribution in [0.2, 0.25) is 5.02 Å². The number of rotatable bonds is 6. The molecular formula is C28H30ClNO5. The first-order valence-corrected chi connectivity index (χ1v) is 12.2. The maximum absolute atomic E-state index is 13.2. The van der Waals surface area contributed by atoms with E-state index in [0.29, 0.717) is 30.5 Å². The fourth-order valence-electron chi connectivity index (χ4n) is 4.71. The summed E-state index contributed by atoms with van der Waals surface area (Å²) in [6, 6.07) is 9.60. The number of carbonyl (C=O) groups excluding carboxylic acids is 2. The molecule has 6 nitrogen and oxygen atoms in total. The first kappa shape index (κ1) is 24.9. The van der Waals surface area contributed by atoms with Crippen LogP contribution in [0.15, 0.2) is 47.1 Å². The van der Waals surface area contributed by atoms with E-state index in [1.165, 1.54) is 0 Å². The number of carbonyl (C=O) groups is 2. The van der Waals surface area contributed by atoms with Gasteiger partial charge in [-0.25, -0.2) is 0 Å².